The molecule has 0 saturated carbocycles. The minimum atomic E-state index is -0.474. The fourth-order valence-corrected chi connectivity index (χ4v) is 3.88. The number of piperazine rings is 1. The number of rotatable bonds is 2. The van der Waals surface area contributed by atoms with Gasteiger partial charge in [0, 0.05) is 45.8 Å². The third-order valence-electron chi connectivity index (χ3n) is 5.32. The highest BCUT2D eigenvalue weighted by Crippen LogP contribution is 2.31. The number of aromatic nitrogens is 1. The molecule has 2 saturated heterocycles. The van der Waals surface area contributed by atoms with Crippen LogP contribution in [0.15, 0.2) is 18.3 Å². The Morgan fingerprint density at radius 1 is 1.07 bits per heavy atom. The summed E-state index contributed by atoms with van der Waals surface area (Å²) in [6, 6.07) is 4.26. The Hall–Kier alpha value is -2.31. The average Bonchev–Trinajstić information content (AvgIpc) is 2.67. The van der Waals surface area contributed by atoms with Crippen LogP contribution in [0, 0.1) is 0 Å². The van der Waals surface area contributed by atoms with E-state index in [-0.39, 0.29) is 18.0 Å². The maximum absolute atomic E-state index is 12.2. The normalized spacial score (nSPS) is 20.9. The molecule has 0 aliphatic carbocycles. The number of carbonyl (C=O) groups is 2. The molecule has 0 N–H and O–H groups in total. The summed E-state index contributed by atoms with van der Waals surface area (Å²) in [6.07, 6.45) is 4.86. The van der Waals surface area contributed by atoms with Gasteiger partial charge in [0.2, 0.25) is 5.91 Å². The van der Waals surface area contributed by atoms with Gasteiger partial charge in [-0.1, -0.05) is 6.07 Å². The van der Waals surface area contributed by atoms with Crippen LogP contribution in [0.1, 0.15) is 58.6 Å². The molecule has 7 heteroatoms. The molecule has 0 unspecified atom stereocenters. The smallest absolute Gasteiger partial charge is 0.410 e. The van der Waals surface area contributed by atoms with Crippen molar-refractivity contribution in [1.29, 1.82) is 0 Å². The molecule has 1 atom stereocenters. The van der Waals surface area contributed by atoms with E-state index in [1.165, 1.54) is 0 Å². The average molecular weight is 389 g/mol. The van der Waals surface area contributed by atoms with E-state index in [1.807, 2.05) is 37.9 Å². The Balaban J connectivity index is 1.59. The molecular formula is C21H32N4O3. The molecule has 3 heterocycles. The Bertz CT molecular complexity index is 691. The van der Waals surface area contributed by atoms with Crippen LogP contribution >= 0.6 is 0 Å². The zero-order valence-corrected chi connectivity index (χ0v) is 17.5. The molecule has 2 fully saturated rings. The fourth-order valence-electron chi connectivity index (χ4n) is 3.88. The van der Waals surface area contributed by atoms with Crippen molar-refractivity contribution in [3.63, 3.8) is 0 Å². The third kappa shape index (κ3) is 4.94. The van der Waals surface area contributed by atoms with E-state index < -0.39 is 5.60 Å². The zero-order chi connectivity index (χ0) is 20.3. The van der Waals surface area contributed by atoms with Crippen LogP contribution in [0.4, 0.5) is 10.6 Å². The molecule has 0 radical (unpaired) electrons. The van der Waals surface area contributed by atoms with Crippen molar-refractivity contribution < 1.29 is 14.3 Å². The number of anilines is 1. The van der Waals surface area contributed by atoms with Crippen molar-refractivity contribution in [3.05, 3.63) is 23.9 Å². The molecule has 2 amide bonds. The van der Waals surface area contributed by atoms with Crippen LogP contribution in [0.3, 0.4) is 0 Å². The van der Waals surface area contributed by atoms with Crippen LogP contribution in [0.2, 0.25) is 0 Å². The first-order valence-corrected chi connectivity index (χ1v) is 10.2. The number of nitrogens with zero attached hydrogens (tertiary/aromatic N) is 4. The first-order valence-electron chi connectivity index (χ1n) is 10.2. The molecule has 3 rings (SSSR count). The molecule has 0 aromatic carbocycles. The summed E-state index contributed by atoms with van der Waals surface area (Å²) in [6.45, 7) is 10.8. The topological polar surface area (TPSA) is 66.0 Å². The van der Waals surface area contributed by atoms with E-state index in [2.05, 4.69) is 16.0 Å². The van der Waals surface area contributed by atoms with Crippen LogP contribution in [-0.2, 0) is 9.53 Å². The minimum Gasteiger partial charge on any atom is -0.444 e. The molecule has 28 heavy (non-hydrogen) atoms. The van der Waals surface area contributed by atoms with E-state index in [0.717, 1.165) is 50.3 Å². The van der Waals surface area contributed by atoms with Gasteiger partial charge in [0.25, 0.3) is 0 Å². The standard InChI is InChI=1S/C21H32N4O3/c1-16(26)25-10-6-5-7-18(25)17-8-9-19(22-15-17)23-11-13-24(14-12-23)20(27)28-21(2,3)4/h8-9,15,18H,5-7,10-14H2,1-4H3/t18-/m1/s1. The van der Waals surface area contributed by atoms with Gasteiger partial charge in [-0.2, -0.15) is 0 Å². The lowest BCUT2D eigenvalue weighted by Crippen LogP contribution is -2.50. The van der Waals surface area contributed by atoms with Gasteiger partial charge in [-0.3, -0.25) is 4.79 Å². The molecule has 1 aromatic rings. The van der Waals surface area contributed by atoms with Gasteiger partial charge in [-0.15, -0.1) is 0 Å². The van der Waals surface area contributed by atoms with E-state index in [9.17, 15) is 9.59 Å². The maximum Gasteiger partial charge on any atom is 0.410 e. The minimum absolute atomic E-state index is 0.132. The van der Waals surface area contributed by atoms with Crippen molar-refractivity contribution >= 4 is 17.8 Å². The SMILES string of the molecule is CC(=O)N1CCCC[C@@H]1c1ccc(N2CCN(C(=O)OC(C)(C)C)CC2)nc1. The van der Waals surface area contributed by atoms with E-state index in [0.29, 0.717) is 13.1 Å². The summed E-state index contributed by atoms with van der Waals surface area (Å²) in [7, 11) is 0. The van der Waals surface area contributed by atoms with Crippen molar-refractivity contribution in [1.82, 2.24) is 14.8 Å². The highest BCUT2D eigenvalue weighted by molar-refractivity contribution is 5.74. The van der Waals surface area contributed by atoms with Gasteiger partial charge < -0.3 is 19.4 Å². The number of carbonyl (C=O) groups excluding carboxylic acids is 2. The molecule has 2 aliphatic heterocycles. The first kappa shape index (κ1) is 20.4. The summed E-state index contributed by atoms with van der Waals surface area (Å²) in [5.41, 5.74) is 0.629. The predicted molar refractivity (Wildman–Crippen MR) is 108 cm³/mol. The van der Waals surface area contributed by atoms with Crippen molar-refractivity contribution in [2.24, 2.45) is 0 Å². The number of likely N-dealkylation sites (tertiary alicyclic amines) is 1. The molecular weight excluding hydrogens is 356 g/mol. The van der Waals surface area contributed by atoms with Gasteiger partial charge in [-0.05, 0) is 51.7 Å². The van der Waals surface area contributed by atoms with Gasteiger partial charge in [0.1, 0.15) is 11.4 Å². The number of pyridine rings is 1. The van der Waals surface area contributed by atoms with Gasteiger partial charge in [-0.25, -0.2) is 9.78 Å². The van der Waals surface area contributed by atoms with Crippen LogP contribution in [-0.4, -0.2) is 65.1 Å². The van der Waals surface area contributed by atoms with Crippen molar-refractivity contribution in [2.45, 2.75) is 58.6 Å². The van der Waals surface area contributed by atoms with Gasteiger partial charge in [0.15, 0.2) is 0 Å². The Morgan fingerprint density at radius 2 is 1.79 bits per heavy atom. The van der Waals surface area contributed by atoms with E-state index >= 15 is 0 Å². The fraction of sp³-hybridized carbons (Fsp3) is 0.667. The Kier molecular flexibility index (Phi) is 6.10. The van der Waals surface area contributed by atoms with Crippen LogP contribution < -0.4 is 4.90 Å². The number of hydrogen-bond acceptors (Lipinski definition) is 5. The molecule has 0 spiro atoms. The number of hydrogen-bond donors (Lipinski definition) is 0. The second-order valence-electron chi connectivity index (χ2n) is 8.63. The first-order chi connectivity index (χ1) is 13.2. The molecule has 1 aromatic heterocycles. The molecule has 2 aliphatic rings. The van der Waals surface area contributed by atoms with E-state index in [4.69, 9.17) is 4.74 Å². The van der Waals surface area contributed by atoms with Gasteiger partial charge in [0.05, 0.1) is 6.04 Å². The summed E-state index contributed by atoms with van der Waals surface area (Å²) in [5, 5.41) is 0. The Labute approximate surface area is 167 Å². The van der Waals surface area contributed by atoms with Crippen LogP contribution in [0.25, 0.3) is 0 Å². The third-order valence-corrected chi connectivity index (χ3v) is 5.32. The van der Waals surface area contributed by atoms with Gasteiger partial charge >= 0.3 is 6.09 Å². The maximum atomic E-state index is 12.2. The quantitative estimate of drug-likeness (QED) is 0.778. The van der Waals surface area contributed by atoms with Crippen LogP contribution in [0.5, 0.6) is 0 Å². The lowest BCUT2D eigenvalue weighted by molar-refractivity contribution is -0.132. The van der Waals surface area contributed by atoms with E-state index in [1.54, 1.807) is 11.8 Å². The lowest BCUT2D eigenvalue weighted by atomic mass is 9.96. The number of amides is 2. The molecule has 7 nitrogen and oxygen atoms in total. The summed E-state index contributed by atoms with van der Waals surface area (Å²) >= 11 is 0. The van der Waals surface area contributed by atoms with Crippen molar-refractivity contribution in [2.75, 3.05) is 37.6 Å². The summed E-state index contributed by atoms with van der Waals surface area (Å²) in [4.78, 5) is 34.7. The predicted octanol–water partition coefficient (Wildman–Crippen LogP) is 3.21. The largest absolute Gasteiger partial charge is 0.444 e. The zero-order valence-electron chi connectivity index (χ0n) is 17.5. The second-order valence-corrected chi connectivity index (χ2v) is 8.63. The second kappa shape index (κ2) is 8.37. The summed E-state index contributed by atoms with van der Waals surface area (Å²) < 4.78 is 5.45. The lowest BCUT2D eigenvalue weighted by Gasteiger charge is -2.37. The highest BCUT2D eigenvalue weighted by Gasteiger charge is 2.28. The number of ether oxygens (including phenoxy) is 1. The number of piperidine rings is 1. The molecule has 154 valence electrons. The molecule has 0 bridgehead atoms. The van der Waals surface area contributed by atoms with Crippen molar-refractivity contribution in [3.8, 4) is 0 Å². The highest BCUT2D eigenvalue weighted by atomic mass is 16.6. The monoisotopic (exact) mass is 388 g/mol. The Morgan fingerprint density at radius 3 is 2.36 bits per heavy atom. The summed E-state index contributed by atoms with van der Waals surface area (Å²) in [5.74, 6) is 1.05.